The zero-order valence-electron chi connectivity index (χ0n) is 10.7. The van der Waals surface area contributed by atoms with Crippen LogP contribution in [0, 0.1) is 34.5 Å². The van der Waals surface area contributed by atoms with Crippen molar-refractivity contribution in [3.63, 3.8) is 0 Å². The van der Waals surface area contributed by atoms with Crippen LogP contribution >= 0.6 is 0 Å². The van der Waals surface area contributed by atoms with Gasteiger partial charge in [0.15, 0.2) is 0 Å². The normalized spacial score (nSPS) is 14.9. The molecule has 0 aliphatic rings. The summed E-state index contributed by atoms with van der Waals surface area (Å²) in [6, 6.07) is 4.54. The highest BCUT2D eigenvalue weighted by Gasteiger charge is 2.09. The van der Waals surface area contributed by atoms with E-state index in [2.05, 4.69) is 32.1 Å². The number of allylic oxidation sites excluding steroid dienone is 2. The van der Waals surface area contributed by atoms with Gasteiger partial charge in [-0.05, 0) is 25.2 Å². The summed E-state index contributed by atoms with van der Waals surface area (Å²) < 4.78 is 0. The van der Waals surface area contributed by atoms with E-state index in [-0.39, 0.29) is 5.92 Å². The van der Waals surface area contributed by atoms with Gasteiger partial charge in [0.05, 0.1) is 18.1 Å². The van der Waals surface area contributed by atoms with Crippen LogP contribution in [0.1, 0.15) is 52.9 Å². The van der Waals surface area contributed by atoms with Crippen LogP contribution in [0.5, 0.6) is 0 Å². The minimum atomic E-state index is 0.0366. The Morgan fingerprint density at radius 1 is 1.19 bits per heavy atom. The summed E-state index contributed by atoms with van der Waals surface area (Å²) in [6.45, 7) is 6.27. The predicted molar refractivity (Wildman–Crippen MR) is 66.4 cm³/mol. The lowest BCUT2D eigenvalue weighted by atomic mass is 9.91. The van der Waals surface area contributed by atoms with Crippen molar-refractivity contribution in [3.8, 4) is 12.1 Å². The zero-order valence-corrected chi connectivity index (χ0v) is 10.7. The molecule has 0 amide bonds. The van der Waals surface area contributed by atoms with Gasteiger partial charge in [-0.3, -0.25) is 0 Å². The molecule has 88 valence electrons. The van der Waals surface area contributed by atoms with Crippen LogP contribution in [0.2, 0.25) is 0 Å². The summed E-state index contributed by atoms with van der Waals surface area (Å²) in [5.74, 6) is 0.488. The monoisotopic (exact) mass is 218 g/mol. The molecule has 0 bridgehead atoms. The van der Waals surface area contributed by atoms with Crippen LogP contribution in [-0.2, 0) is 0 Å². The van der Waals surface area contributed by atoms with Crippen molar-refractivity contribution in [3.05, 3.63) is 11.6 Å². The molecule has 2 atom stereocenters. The van der Waals surface area contributed by atoms with Crippen molar-refractivity contribution in [1.29, 1.82) is 10.5 Å². The van der Waals surface area contributed by atoms with Crippen molar-refractivity contribution in [2.45, 2.75) is 52.9 Å². The minimum Gasteiger partial charge on any atom is -0.198 e. The van der Waals surface area contributed by atoms with Gasteiger partial charge < -0.3 is 0 Å². The fourth-order valence-corrected chi connectivity index (χ4v) is 1.72. The quantitative estimate of drug-likeness (QED) is 0.601. The Bertz CT molecular complexity index is 291. The first-order valence-electron chi connectivity index (χ1n) is 6.17. The molecule has 0 N–H and O–H groups in total. The third kappa shape index (κ3) is 5.56. The fourth-order valence-electron chi connectivity index (χ4n) is 1.72. The fraction of sp³-hybridized carbons (Fsp3) is 0.714. The standard InChI is InChI=1S/C14H22N2/c1-4-12(7-8-15)9-13(5-2)10-14(6-3)11-16/h10,12,14H,4-7,9H2,1-3H3/b13-10+. The second kappa shape index (κ2) is 8.98. The van der Waals surface area contributed by atoms with Crippen LogP contribution in [0.3, 0.4) is 0 Å². The van der Waals surface area contributed by atoms with E-state index < -0.39 is 0 Å². The molecule has 0 aromatic carbocycles. The van der Waals surface area contributed by atoms with E-state index in [1.54, 1.807) is 0 Å². The third-order valence-electron chi connectivity index (χ3n) is 3.00. The van der Waals surface area contributed by atoms with E-state index in [0.29, 0.717) is 12.3 Å². The largest absolute Gasteiger partial charge is 0.198 e. The summed E-state index contributed by atoms with van der Waals surface area (Å²) in [4.78, 5) is 0. The van der Waals surface area contributed by atoms with E-state index in [1.807, 2.05) is 6.92 Å². The maximum absolute atomic E-state index is 8.92. The van der Waals surface area contributed by atoms with Gasteiger partial charge in [0, 0.05) is 6.42 Å². The van der Waals surface area contributed by atoms with Crippen LogP contribution < -0.4 is 0 Å². The molecule has 0 saturated heterocycles. The lowest BCUT2D eigenvalue weighted by molar-refractivity contribution is 0.508. The summed E-state index contributed by atoms with van der Waals surface area (Å²) >= 11 is 0. The molecule has 0 fully saturated rings. The number of hydrogen-bond donors (Lipinski definition) is 0. The summed E-state index contributed by atoms with van der Waals surface area (Å²) in [6.07, 6.45) is 6.58. The third-order valence-corrected chi connectivity index (χ3v) is 3.00. The summed E-state index contributed by atoms with van der Waals surface area (Å²) in [5, 5.41) is 17.6. The average Bonchev–Trinajstić information content (AvgIpc) is 2.33. The van der Waals surface area contributed by atoms with E-state index in [4.69, 9.17) is 10.5 Å². The molecule has 0 aromatic rings. The molecule has 0 saturated carbocycles. The zero-order chi connectivity index (χ0) is 12.4. The average molecular weight is 218 g/mol. The topological polar surface area (TPSA) is 47.6 Å². The first-order valence-corrected chi connectivity index (χ1v) is 6.17. The van der Waals surface area contributed by atoms with Gasteiger partial charge >= 0.3 is 0 Å². The molecule has 0 aromatic heterocycles. The molecule has 0 heterocycles. The lowest BCUT2D eigenvalue weighted by Gasteiger charge is -2.14. The maximum atomic E-state index is 8.92. The van der Waals surface area contributed by atoms with Crippen molar-refractivity contribution >= 4 is 0 Å². The number of nitrogens with zero attached hydrogens (tertiary/aromatic N) is 2. The van der Waals surface area contributed by atoms with Crippen LogP contribution in [0.25, 0.3) is 0 Å². The molecule has 0 rings (SSSR count). The highest BCUT2D eigenvalue weighted by Crippen LogP contribution is 2.22. The first-order chi connectivity index (χ1) is 7.71. The van der Waals surface area contributed by atoms with Gasteiger partial charge in [0.1, 0.15) is 0 Å². The Labute approximate surface area is 99.6 Å². The highest BCUT2D eigenvalue weighted by molar-refractivity contribution is 5.10. The molecule has 2 heteroatoms. The molecule has 2 unspecified atom stereocenters. The SMILES string of the molecule is CC/C(=C\C(C#N)CC)CC(CC)CC#N. The second-order valence-electron chi connectivity index (χ2n) is 4.16. The molecule has 16 heavy (non-hydrogen) atoms. The number of hydrogen-bond acceptors (Lipinski definition) is 2. The molecular formula is C14H22N2. The molecule has 2 nitrogen and oxygen atoms in total. The van der Waals surface area contributed by atoms with Gasteiger partial charge in [-0.2, -0.15) is 10.5 Å². The summed E-state index contributed by atoms with van der Waals surface area (Å²) in [5.41, 5.74) is 1.33. The molecule has 0 spiro atoms. The minimum absolute atomic E-state index is 0.0366. The Balaban J connectivity index is 4.50. The van der Waals surface area contributed by atoms with Crippen molar-refractivity contribution in [1.82, 2.24) is 0 Å². The van der Waals surface area contributed by atoms with E-state index in [0.717, 1.165) is 25.7 Å². The van der Waals surface area contributed by atoms with Gasteiger partial charge in [0.2, 0.25) is 0 Å². The van der Waals surface area contributed by atoms with Crippen LogP contribution in [0.4, 0.5) is 0 Å². The summed E-state index contributed by atoms with van der Waals surface area (Å²) in [7, 11) is 0. The van der Waals surface area contributed by atoms with Crippen molar-refractivity contribution in [2.75, 3.05) is 0 Å². The predicted octanol–water partition coefficient (Wildman–Crippen LogP) is 4.20. The van der Waals surface area contributed by atoms with Gasteiger partial charge in [0.25, 0.3) is 0 Å². The van der Waals surface area contributed by atoms with E-state index >= 15 is 0 Å². The van der Waals surface area contributed by atoms with Crippen molar-refractivity contribution < 1.29 is 0 Å². The Morgan fingerprint density at radius 2 is 1.88 bits per heavy atom. The van der Waals surface area contributed by atoms with Gasteiger partial charge in [-0.25, -0.2) is 0 Å². The van der Waals surface area contributed by atoms with Crippen LogP contribution in [-0.4, -0.2) is 0 Å². The number of rotatable bonds is 7. The Kier molecular flexibility index (Phi) is 8.26. The van der Waals surface area contributed by atoms with Crippen LogP contribution in [0.15, 0.2) is 11.6 Å². The van der Waals surface area contributed by atoms with Gasteiger partial charge in [-0.1, -0.05) is 38.8 Å². The highest BCUT2D eigenvalue weighted by atomic mass is 14.3. The van der Waals surface area contributed by atoms with E-state index in [9.17, 15) is 0 Å². The molecule has 0 aliphatic carbocycles. The lowest BCUT2D eigenvalue weighted by Crippen LogP contribution is -2.01. The second-order valence-corrected chi connectivity index (χ2v) is 4.16. The van der Waals surface area contributed by atoms with Gasteiger partial charge in [-0.15, -0.1) is 0 Å². The van der Waals surface area contributed by atoms with E-state index in [1.165, 1.54) is 5.57 Å². The van der Waals surface area contributed by atoms with Crippen molar-refractivity contribution in [2.24, 2.45) is 11.8 Å². The molecule has 0 aliphatic heterocycles. The molecular weight excluding hydrogens is 196 g/mol. The Morgan fingerprint density at radius 3 is 2.25 bits per heavy atom. The smallest absolute Gasteiger partial charge is 0.0697 e. The number of nitriles is 2. The maximum Gasteiger partial charge on any atom is 0.0697 e. The Hall–Kier alpha value is -1.28. The first kappa shape index (κ1) is 14.7. The molecule has 0 radical (unpaired) electrons.